The molecule has 108 heavy (non-hydrogen) atoms. The number of aromatic nitrogens is 16. The van der Waals surface area contributed by atoms with Gasteiger partial charge in [0.1, 0.15) is 72.2 Å². The third-order valence-electron chi connectivity index (χ3n) is 21.4. The van der Waals surface area contributed by atoms with Crippen molar-refractivity contribution in [1.29, 1.82) is 0 Å². The second-order valence-corrected chi connectivity index (χ2v) is 28.5. The SMILES string of the molecule is CC1(c2ccc(OCc3cn(Cc4ccccc4)nn3)cc2)c2ccc([nH]2)C(C)(c2ccc(OCc3cn(Cc4ccccc4)nn3)cc2)c2ccc([nH]2)C(C)(c2ccc(OCc3cn(Cc4ccccc4)nn3)cc2)c2ccc([nH]2)C(C)(c2ccc(OCc3cn(Cc4ccccc4)nn3)cc2)c2ccc1[nH]2. The number of nitrogens with one attached hydrogen (secondary N) is 4. The fraction of sp³-hybridized carbons (Fsp3) is 0.182. The molecule has 0 atom stereocenters. The third kappa shape index (κ3) is 13.7. The normalized spacial score (nSPS) is 17.5. The molecule has 9 heterocycles. The maximum Gasteiger partial charge on any atom is 0.134 e. The van der Waals surface area contributed by atoms with E-state index in [4.69, 9.17) is 18.9 Å². The highest BCUT2D eigenvalue weighted by molar-refractivity contribution is 5.57. The molecule has 0 amide bonds. The lowest BCUT2D eigenvalue weighted by Crippen LogP contribution is -2.32. The second-order valence-electron chi connectivity index (χ2n) is 28.5. The summed E-state index contributed by atoms with van der Waals surface area (Å²) in [6, 6.07) is 92.5. The van der Waals surface area contributed by atoms with Crippen molar-refractivity contribution in [3.05, 3.63) is 405 Å². The molecule has 20 heteroatoms. The van der Waals surface area contributed by atoms with Crippen LogP contribution in [0.5, 0.6) is 23.0 Å². The molecule has 1 aliphatic rings. The van der Waals surface area contributed by atoms with Gasteiger partial charge in [0.15, 0.2) is 0 Å². The molecule has 536 valence electrons. The van der Waals surface area contributed by atoms with Gasteiger partial charge in [-0.15, -0.1) is 20.4 Å². The van der Waals surface area contributed by atoms with Crippen LogP contribution in [0, 0.1) is 0 Å². The van der Waals surface area contributed by atoms with E-state index in [-0.39, 0.29) is 26.4 Å². The van der Waals surface area contributed by atoms with Crippen LogP contribution in [0.3, 0.4) is 0 Å². The van der Waals surface area contributed by atoms with Crippen LogP contribution in [0.1, 0.15) is 141 Å². The van der Waals surface area contributed by atoms with E-state index in [1.54, 1.807) is 0 Å². The first kappa shape index (κ1) is 67.8. The Morgan fingerprint density at radius 1 is 0.241 bits per heavy atom. The van der Waals surface area contributed by atoms with E-state index >= 15 is 0 Å². The number of rotatable bonds is 24. The Kier molecular flexibility index (Phi) is 18.2. The zero-order valence-electron chi connectivity index (χ0n) is 60.4. The standard InChI is InChI=1S/C88H80N16O4/c1-85(65-25-33-73(34-26-65)105-57-69-53-101(97-93-69)49-61-17-9-5-10-18-61)77-41-43-79(89-77)86(2,66-27-35-74(36-28-66)106-58-70-54-102(98-94-70)50-62-19-11-6-12-20-62)81-45-47-83(91-81)88(4,68-31-39-76(40-32-68)108-60-72-56-104(100-96-72)52-64-23-15-8-16-24-64)84-48-46-82(92-84)87(3,80-44-42-78(85)90-80)67-29-37-75(38-30-67)107-59-71-55-103(99-95-71)51-63-21-13-7-14-22-63/h5-48,53-56,89-92H,49-52,57-60H2,1-4H3. The van der Waals surface area contributed by atoms with Crippen LogP contribution in [-0.4, -0.2) is 79.9 Å². The van der Waals surface area contributed by atoms with Crippen LogP contribution in [0.4, 0.5) is 0 Å². The van der Waals surface area contributed by atoms with E-state index in [9.17, 15) is 0 Å². The summed E-state index contributed by atoms with van der Waals surface area (Å²) in [6.07, 6.45) is 7.75. The van der Waals surface area contributed by atoms with E-state index < -0.39 is 21.7 Å². The van der Waals surface area contributed by atoms with Crippen molar-refractivity contribution >= 4 is 0 Å². The quantitative estimate of drug-likeness (QED) is 0.0444. The summed E-state index contributed by atoms with van der Waals surface area (Å²) in [5.41, 5.74) is 16.1. The Morgan fingerprint density at radius 2 is 0.426 bits per heavy atom. The Morgan fingerprint density at radius 3 is 0.611 bits per heavy atom. The molecule has 4 N–H and O–H groups in total. The van der Waals surface area contributed by atoms with Gasteiger partial charge >= 0.3 is 0 Å². The fourth-order valence-corrected chi connectivity index (χ4v) is 14.9. The van der Waals surface area contributed by atoms with Crippen LogP contribution in [0.15, 0.2) is 292 Å². The average Bonchev–Trinajstić information content (AvgIpc) is 1.55. The molecule has 0 unspecified atom stereocenters. The first-order chi connectivity index (χ1) is 52.9. The molecule has 16 aromatic rings. The predicted octanol–water partition coefficient (Wildman–Crippen LogP) is 15.6. The van der Waals surface area contributed by atoms with Crippen LogP contribution >= 0.6 is 0 Å². The van der Waals surface area contributed by atoms with Gasteiger partial charge in [-0.3, -0.25) is 0 Å². The molecular weight excluding hydrogens is 1350 g/mol. The maximum atomic E-state index is 6.47. The first-order valence-electron chi connectivity index (χ1n) is 36.3. The molecule has 8 bridgehead atoms. The smallest absolute Gasteiger partial charge is 0.134 e. The van der Waals surface area contributed by atoms with Gasteiger partial charge in [-0.2, -0.15) is 0 Å². The predicted molar refractivity (Wildman–Crippen MR) is 411 cm³/mol. The molecule has 0 radical (unpaired) electrons. The molecule has 0 spiro atoms. The zero-order chi connectivity index (χ0) is 73.1. The molecule has 0 saturated heterocycles. The van der Waals surface area contributed by atoms with Crippen LogP contribution in [0.25, 0.3) is 0 Å². The van der Waals surface area contributed by atoms with Crippen LogP contribution in [0.2, 0.25) is 0 Å². The summed E-state index contributed by atoms with van der Waals surface area (Å²) >= 11 is 0. The lowest BCUT2D eigenvalue weighted by molar-refractivity contribution is 0.301. The van der Waals surface area contributed by atoms with Crippen molar-refractivity contribution in [2.45, 2.75) is 102 Å². The number of aromatic amines is 4. The van der Waals surface area contributed by atoms with E-state index in [0.717, 1.165) is 113 Å². The number of hydrogen-bond acceptors (Lipinski definition) is 12. The van der Waals surface area contributed by atoms with Crippen LogP contribution in [-0.2, 0) is 74.3 Å². The largest absolute Gasteiger partial charge is 0.487 e. The van der Waals surface area contributed by atoms with E-state index in [1.807, 2.05) is 165 Å². The van der Waals surface area contributed by atoms with Gasteiger partial charge in [0, 0.05) is 45.6 Å². The number of ether oxygens (including phenoxy) is 4. The Balaban J connectivity index is 0.742. The van der Waals surface area contributed by atoms with E-state index in [1.165, 1.54) is 0 Å². The van der Waals surface area contributed by atoms with Gasteiger partial charge in [0.25, 0.3) is 0 Å². The molecule has 0 aliphatic carbocycles. The first-order valence-corrected chi connectivity index (χ1v) is 36.3. The lowest BCUT2D eigenvalue weighted by Gasteiger charge is -2.34. The minimum Gasteiger partial charge on any atom is -0.487 e. The van der Waals surface area contributed by atoms with Crippen LogP contribution < -0.4 is 18.9 Å². The van der Waals surface area contributed by atoms with Gasteiger partial charge in [0.05, 0.1) is 72.6 Å². The van der Waals surface area contributed by atoms with Gasteiger partial charge in [0.2, 0.25) is 0 Å². The lowest BCUT2D eigenvalue weighted by atomic mass is 9.76. The Bertz CT molecular complexity index is 4880. The summed E-state index contributed by atoms with van der Waals surface area (Å²) < 4.78 is 33.2. The van der Waals surface area contributed by atoms with Gasteiger partial charge in [-0.1, -0.05) is 191 Å². The molecular formula is C88H80N16O4. The molecule has 0 fully saturated rings. The number of fused-ring (bicyclic) bond motifs is 8. The summed E-state index contributed by atoms with van der Waals surface area (Å²) in [5, 5.41) is 35.5. The molecule has 1 aliphatic heterocycles. The molecule has 20 nitrogen and oxygen atoms in total. The van der Waals surface area contributed by atoms with Crippen molar-refractivity contribution in [2.75, 3.05) is 0 Å². The van der Waals surface area contributed by atoms with E-state index in [2.05, 4.69) is 234 Å². The molecule has 8 aromatic heterocycles. The molecule has 17 rings (SSSR count). The number of hydrogen-bond donors (Lipinski definition) is 4. The summed E-state index contributed by atoms with van der Waals surface area (Å²) in [7, 11) is 0. The van der Waals surface area contributed by atoms with Crippen molar-refractivity contribution in [3.63, 3.8) is 0 Å². The molecule has 0 saturated carbocycles. The average molecular weight is 1430 g/mol. The molecule has 8 aromatic carbocycles. The van der Waals surface area contributed by atoms with Gasteiger partial charge in [-0.05, 0) is 169 Å². The van der Waals surface area contributed by atoms with Gasteiger partial charge < -0.3 is 38.9 Å². The Hall–Kier alpha value is -13.4. The minimum atomic E-state index is -0.813. The van der Waals surface area contributed by atoms with Crippen molar-refractivity contribution in [2.24, 2.45) is 0 Å². The fourth-order valence-electron chi connectivity index (χ4n) is 14.9. The monoisotopic (exact) mass is 1420 g/mol. The minimum absolute atomic E-state index is 0.253. The zero-order valence-corrected chi connectivity index (χ0v) is 60.4. The summed E-state index contributed by atoms with van der Waals surface area (Å²) in [4.78, 5) is 16.5. The van der Waals surface area contributed by atoms with Crippen molar-refractivity contribution in [3.8, 4) is 23.0 Å². The highest BCUT2D eigenvalue weighted by Gasteiger charge is 2.44. The summed E-state index contributed by atoms with van der Waals surface area (Å²) in [6.45, 7) is 12.6. The second kappa shape index (κ2) is 28.9. The number of nitrogens with zero attached hydrogens (tertiary/aromatic N) is 12. The van der Waals surface area contributed by atoms with Crippen molar-refractivity contribution < 1.29 is 18.9 Å². The van der Waals surface area contributed by atoms with Crippen molar-refractivity contribution in [1.82, 2.24) is 79.9 Å². The highest BCUT2D eigenvalue weighted by Crippen LogP contribution is 2.49. The number of H-pyrrole nitrogens is 4. The van der Waals surface area contributed by atoms with E-state index in [0.29, 0.717) is 49.2 Å². The van der Waals surface area contributed by atoms with Gasteiger partial charge in [-0.25, -0.2) is 18.7 Å². The maximum absolute atomic E-state index is 6.47. The Labute approximate surface area is 625 Å². The summed E-state index contributed by atoms with van der Waals surface area (Å²) in [5.74, 6) is 2.81. The number of benzene rings is 8. The third-order valence-corrected chi connectivity index (χ3v) is 21.4. The topological polar surface area (TPSA) is 223 Å². The highest BCUT2D eigenvalue weighted by atomic mass is 16.5.